The Morgan fingerprint density at radius 3 is 2.84 bits per heavy atom. The summed E-state index contributed by atoms with van der Waals surface area (Å²) in [6.45, 7) is 6.17. The first-order valence-corrected chi connectivity index (χ1v) is 7.78. The largest absolute Gasteiger partial charge is 0.494 e. The van der Waals surface area contributed by atoms with Gasteiger partial charge in [-0.15, -0.1) is 0 Å². The molecule has 1 aromatic rings. The van der Waals surface area contributed by atoms with Crippen molar-refractivity contribution >= 4 is 0 Å². The lowest BCUT2D eigenvalue weighted by molar-refractivity contribution is 0.339. The molecule has 0 spiro atoms. The second-order valence-corrected chi connectivity index (χ2v) is 5.52. The average molecular weight is 261 g/mol. The minimum atomic E-state index is 0.718. The van der Waals surface area contributed by atoms with Gasteiger partial charge in [-0.3, -0.25) is 0 Å². The maximum Gasteiger partial charge on any atom is 0.119 e. The molecule has 2 nitrogen and oxygen atoms in total. The van der Waals surface area contributed by atoms with Gasteiger partial charge >= 0.3 is 0 Å². The Bertz CT molecular complexity index is 373. The standard InChI is InChI=1S/C17H27NO/c1-3-12-18-17(15-9-10-15)11-8-14-6-5-7-16(13-14)19-4-2/h5-7,13,15,17-18H,3-4,8-12H2,1-2H3. The van der Waals surface area contributed by atoms with Crippen molar-refractivity contribution in [3.05, 3.63) is 29.8 Å². The molecule has 0 saturated heterocycles. The van der Waals surface area contributed by atoms with Crippen LogP contribution in [-0.4, -0.2) is 19.2 Å². The Kier molecular flexibility index (Phi) is 5.71. The van der Waals surface area contributed by atoms with Gasteiger partial charge in [-0.25, -0.2) is 0 Å². The molecule has 106 valence electrons. The average Bonchev–Trinajstić information content (AvgIpc) is 3.24. The van der Waals surface area contributed by atoms with E-state index in [4.69, 9.17) is 4.74 Å². The Morgan fingerprint density at radius 2 is 2.16 bits per heavy atom. The summed E-state index contributed by atoms with van der Waals surface area (Å²) in [7, 11) is 0. The molecule has 2 rings (SSSR count). The second-order valence-electron chi connectivity index (χ2n) is 5.52. The molecule has 1 aromatic carbocycles. The first kappa shape index (κ1) is 14.4. The first-order chi connectivity index (χ1) is 9.33. The SMILES string of the molecule is CCCNC(CCc1cccc(OCC)c1)C1CC1. The highest BCUT2D eigenvalue weighted by Gasteiger charge is 2.30. The quantitative estimate of drug-likeness (QED) is 0.730. The number of benzene rings is 1. The fraction of sp³-hybridized carbons (Fsp3) is 0.647. The summed E-state index contributed by atoms with van der Waals surface area (Å²) in [6, 6.07) is 9.27. The van der Waals surface area contributed by atoms with Gasteiger partial charge in [0, 0.05) is 6.04 Å². The Balaban J connectivity index is 1.83. The molecule has 0 amide bonds. The van der Waals surface area contributed by atoms with Crippen LogP contribution in [0.25, 0.3) is 0 Å². The van der Waals surface area contributed by atoms with E-state index in [9.17, 15) is 0 Å². The fourth-order valence-corrected chi connectivity index (χ4v) is 2.61. The van der Waals surface area contributed by atoms with Crippen LogP contribution in [0.3, 0.4) is 0 Å². The maximum atomic E-state index is 5.56. The topological polar surface area (TPSA) is 21.3 Å². The normalized spacial score (nSPS) is 16.3. The molecule has 1 unspecified atom stereocenters. The summed E-state index contributed by atoms with van der Waals surface area (Å²) in [4.78, 5) is 0. The van der Waals surface area contributed by atoms with Crippen LogP contribution in [0.15, 0.2) is 24.3 Å². The zero-order valence-corrected chi connectivity index (χ0v) is 12.3. The molecule has 1 saturated carbocycles. The van der Waals surface area contributed by atoms with E-state index in [1.807, 2.05) is 13.0 Å². The van der Waals surface area contributed by atoms with Gasteiger partial charge in [-0.05, 0) is 69.2 Å². The first-order valence-electron chi connectivity index (χ1n) is 7.78. The van der Waals surface area contributed by atoms with Crippen LogP contribution in [-0.2, 0) is 6.42 Å². The fourth-order valence-electron chi connectivity index (χ4n) is 2.61. The van der Waals surface area contributed by atoms with Gasteiger partial charge in [0.15, 0.2) is 0 Å². The molecule has 2 heteroatoms. The van der Waals surface area contributed by atoms with Gasteiger partial charge < -0.3 is 10.1 Å². The Hall–Kier alpha value is -1.02. The van der Waals surface area contributed by atoms with Crippen LogP contribution >= 0.6 is 0 Å². The van der Waals surface area contributed by atoms with Crippen molar-refractivity contribution in [2.45, 2.75) is 52.0 Å². The van der Waals surface area contributed by atoms with Gasteiger partial charge in [-0.1, -0.05) is 19.1 Å². The van der Waals surface area contributed by atoms with Crippen molar-refractivity contribution in [3.63, 3.8) is 0 Å². The van der Waals surface area contributed by atoms with E-state index in [0.717, 1.165) is 37.3 Å². The molecule has 0 heterocycles. The molecular weight excluding hydrogens is 234 g/mol. The van der Waals surface area contributed by atoms with Crippen LogP contribution in [0, 0.1) is 5.92 Å². The lowest BCUT2D eigenvalue weighted by atomic mass is 10.0. The highest BCUT2D eigenvalue weighted by molar-refractivity contribution is 5.28. The summed E-state index contributed by atoms with van der Waals surface area (Å²) in [6.07, 6.45) is 6.46. The third-order valence-corrected chi connectivity index (χ3v) is 3.80. The number of ether oxygens (including phenoxy) is 1. The predicted molar refractivity (Wildman–Crippen MR) is 80.7 cm³/mol. The van der Waals surface area contributed by atoms with E-state index >= 15 is 0 Å². The third-order valence-electron chi connectivity index (χ3n) is 3.80. The number of hydrogen-bond donors (Lipinski definition) is 1. The second kappa shape index (κ2) is 7.54. The lowest BCUT2D eigenvalue weighted by Gasteiger charge is -2.18. The minimum absolute atomic E-state index is 0.718. The van der Waals surface area contributed by atoms with Crippen molar-refractivity contribution in [2.75, 3.05) is 13.2 Å². The van der Waals surface area contributed by atoms with Crippen LogP contribution < -0.4 is 10.1 Å². The van der Waals surface area contributed by atoms with E-state index in [0.29, 0.717) is 0 Å². The molecule has 1 aliphatic carbocycles. The Morgan fingerprint density at radius 1 is 1.32 bits per heavy atom. The molecule has 0 aromatic heterocycles. The van der Waals surface area contributed by atoms with Gasteiger partial charge in [0.1, 0.15) is 5.75 Å². The van der Waals surface area contributed by atoms with Gasteiger partial charge in [0.25, 0.3) is 0 Å². The van der Waals surface area contributed by atoms with E-state index in [-0.39, 0.29) is 0 Å². The molecule has 0 aliphatic heterocycles. The van der Waals surface area contributed by atoms with Crippen LogP contribution in [0.5, 0.6) is 5.75 Å². The molecule has 1 fully saturated rings. The van der Waals surface area contributed by atoms with Crippen LogP contribution in [0.1, 0.15) is 45.1 Å². The molecule has 1 atom stereocenters. The molecule has 0 bridgehead atoms. The van der Waals surface area contributed by atoms with Crippen molar-refractivity contribution in [2.24, 2.45) is 5.92 Å². The van der Waals surface area contributed by atoms with E-state index < -0.39 is 0 Å². The van der Waals surface area contributed by atoms with E-state index in [1.165, 1.54) is 31.2 Å². The number of rotatable bonds is 9. The zero-order valence-electron chi connectivity index (χ0n) is 12.3. The monoisotopic (exact) mass is 261 g/mol. The molecule has 1 aliphatic rings. The van der Waals surface area contributed by atoms with Gasteiger partial charge in [0.2, 0.25) is 0 Å². The van der Waals surface area contributed by atoms with Crippen LogP contribution in [0.4, 0.5) is 0 Å². The van der Waals surface area contributed by atoms with Crippen molar-refractivity contribution < 1.29 is 4.74 Å². The Labute approximate surface area is 117 Å². The molecular formula is C17H27NO. The summed E-state index contributed by atoms with van der Waals surface area (Å²) in [5, 5.41) is 3.71. The predicted octanol–water partition coefficient (Wildman–Crippen LogP) is 3.80. The summed E-state index contributed by atoms with van der Waals surface area (Å²) in [5.41, 5.74) is 1.40. The number of hydrogen-bond acceptors (Lipinski definition) is 2. The van der Waals surface area contributed by atoms with Gasteiger partial charge in [0.05, 0.1) is 6.61 Å². The number of aryl methyl sites for hydroxylation is 1. The highest BCUT2D eigenvalue weighted by atomic mass is 16.5. The molecule has 19 heavy (non-hydrogen) atoms. The van der Waals surface area contributed by atoms with Crippen LogP contribution in [0.2, 0.25) is 0 Å². The lowest BCUT2D eigenvalue weighted by Crippen LogP contribution is -2.32. The van der Waals surface area contributed by atoms with Crippen molar-refractivity contribution in [1.82, 2.24) is 5.32 Å². The van der Waals surface area contributed by atoms with Gasteiger partial charge in [-0.2, -0.15) is 0 Å². The van der Waals surface area contributed by atoms with E-state index in [2.05, 4.69) is 30.4 Å². The summed E-state index contributed by atoms with van der Waals surface area (Å²) in [5.74, 6) is 1.94. The summed E-state index contributed by atoms with van der Waals surface area (Å²) < 4.78 is 5.56. The highest BCUT2D eigenvalue weighted by Crippen LogP contribution is 2.34. The smallest absolute Gasteiger partial charge is 0.119 e. The number of nitrogens with one attached hydrogen (secondary N) is 1. The minimum Gasteiger partial charge on any atom is -0.494 e. The van der Waals surface area contributed by atoms with E-state index in [1.54, 1.807) is 0 Å². The summed E-state index contributed by atoms with van der Waals surface area (Å²) >= 11 is 0. The third kappa shape index (κ3) is 4.87. The zero-order chi connectivity index (χ0) is 13.5. The molecule has 0 radical (unpaired) electrons. The van der Waals surface area contributed by atoms with Crippen molar-refractivity contribution in [3.8, 4) is 5.75 Å². The van der Waals surface area contributed by atoms with Crippen molar-refractivity contribution in [1.29, 1.82) is 0 Å². The maximum absolute atomic E-state index is 5.56. The molecule has 1 N–H and O–H groups in total.